The van der Waals surface area contributed by atoms with Gasteiger partial charge in [0.25, 0.3) is 0 Å². The Labute approximate surface area is 128 Å². The number of aryl methyl sites for hydroxylation is 1. The topological polar surface area (TPSA) is 54.3 Å². The zero-order chi connectivity index (χ0) is 15.5. The summed E-state index contributed by atoms with van der Waals surface area (Å²) in [7, 11) is -1.45. The van der Waals surface area contributed by atoms with Gasteiger partial charge in [-0.05, 0) is 37.8 Å². The summed E-state index contributed by atoms with van der Waals surface area (Å²) in [5.41, 5.74) is 1.00. The molecule has 0 saturated heterocycles. The van der Waals surface area contributed by atoms with Crippen LogP contribution in [0.5, 0.6) is 0 Å². The molecule has 1 fully saturated rings. The predicted octanol–water partition coefficient (Wildman–Crippen LogP) is 1.95. The van der Waals surface area contributed by atoms with Crippen LogP contribution in [0, 0.1) is 5.92 Å². The molecule has 0 amide bonds. The van der Waals surface area contributed by atoms with Crippen molar-refractivity contribution in [2.24, 2.45) is 13.0 Å². The van der Waals surface area contributed by atoms with E-state index in [4.69, 9.17) is 0 Å². The molecule has 1 heterocycles. The summed E-state index contributed by atoms with van der Waals surface area (Å²) in [6.07, 6.45) is 5.12. The van der Waals surface area contributed by atoms with Crippen LogP contribution in [-0.4, -0.2) is 36.9 Å². The molecule has 0 atom stereocenters. The average Bonchev–Trinajstić information content (AvgIpc) is 3.19. The van der Waals surface area contributed by atoms with Crippen LogP contribution in [0.25, 0.3) is 0 Å². The molecule has 120 valence electrons. The summed E-state index contributed by atoms with van der Waals surface area (Å²) in [6, 6.07) is 1.80. The highest BCUT2D eigenvalue weighted by molar-refractivity contribution is 7.89. The van der Waals surface area contributed by atoms with Gasteiger partial charge in [-0.25, -0.2) is 8.42 Å². The molecule has 1 aromatic heterocycles. The normalized spacial score (nSPS) is 15.8. The highest BCUT2D eigenvalue weighted by atomic mass is 32.2. The van der Waals surface area contributed by atoms with Crippen LogP contribution in [0.3, 0.4) is 0 Å². The predicted molar refractivity (Wildman–Crippen MR) is 84.6 cm³/mol. The first-order valence-corrected chi connectivity index (χ1v) is 9.29. The second-order valence-electron chi connectivity index (χ2n) is 5.85. The Balaban J connectivity index is 2.13. The van der Waals surface area contributed by atoms with Crippen molar-refractivity contribution in [2.75, 3.05) is 19.6 Å². The van der Waals surface area contributed by atoms with Crippen molar-refractivity contribution < 1.29 is 8.42 Å². The summed E-state index contributed by atoms with van der Waals surface area (Å²) in [5, 5.41) is 3.31. The summed E-state index contributed by atoms with van der Waals surface area (Å²) in [5.74, 6) is 0.564. The van der Waals surface area contributed by atoms with E-state index in [1.807, 2.05) is 18.5 Å². The van der Waals surface area contributed by atoms with E-state index < -0.39 is 10.0 Å². The monoisotopic (exact) mass is 313 g/mol. The van der Waals surface area contributed by atoms with Crippen LogP contribution in [-0.2, 0) is 23.6 Å². The lowest BCUT2D eigenvalue weighted by molar-refractivity contribution is 0.412. The molecule has 0 spiro atoms. The molecular formula is C15H27N3O2S. The Morgan fingerprint density at radius 1 is 1.38 bits per heavy atom. The number of nitrogens with one attached hydrogen (secondary N) is 1. The molecule has 1 aliphatic carbocycles. The molecule has 1 aromatic rings. The quantitative estimate of drug-likeness (QED) is 0.709. The highest BCUT2D eigenvalue weighted by Crippen LogP contribution is 2.31. The number of hydrogen-bond acceptors (Lipinski definition) is 3. The molecule has 0 aliphatic heterocycles. The fourth-order valence-electron chi connectivity index (χ4n) is 2.42. The molecule has 2 rings (SSSR count). The van der Waals surface area contributed by atoms with Gasteiger partial charge in [-0.2, -0.15) is 4.31 Å². The lowest BCUT2D eigenvalue weighted by Crippen LogP contribution is -2.32. The third-order valence-corrected chi connectivity index (χ3v) is 5.87. The van der Waals surface area contributed by atoms with Crippen molar-refractivity contribution in [1.82, 2.24) is 14.2 Å². The molecular weight excluding hydrogens is 286 g/mol. The van der Waals surface area contributed by atoms with E-state index in [0.29, 0.717) is 30.4 Å². The maximum Gasteiger partial charge on any atom is 0.244 e. The molecule has 0 aromatic carbocycles. The van der Waals surface area contributed by atoms with E-state index in [1.54, 1.807) is 16.6 Å². The third-order valence-electron chi connectivity index (χ3n) is 3.96. The van der Waals surface area contributed by atoms with Crippen molar-refractivity contribution >= 4 is 10.0 Å². The van der Waals surface area contributed by atoms with Crippen molar-refractivity contribution in [3.63, 3.8) is 0 Å². The lowest BCUT2D eigenvalue weighted by atomic mass is 10.4. The molecule has 0 bridgehead atoms. The zero-order valence-corrected chi connectivity index (χ0v) is 14.1. The fraction of sp³-hybridized carbons (Fsp3) is 0.733. The van der Waals surface area contributed by atoms with Gasteiger partial charge in [-0.15, -0.1) is 0 Å². The van der Waals surface area contributed by atoms with Crippen molar-refractivity contribution in [3.05, 3.63) is 18.0 Å². The first kappa shape index (κ1) is 16.5. The van der Waals surface area contributed by atoms with Gasteiger partial charge in [-0.1, -0.05) is 13.8 Å². The van der Waals surface area contributed by atoms with E-state index >= 15 is 0 Å². The summed E-state index contributed by atoms with van der Waals surface area (Å²) in [4.78, 5) is 0.417. The Bertz CT molecular complexity index is 561. The van der Waals surface area contributed by atoms with E-state index in [-0.39, 0.29) is 0 Å². The van der Waals surface area contributed by atoms with Gasteiger partial charge >= 0.3 is 0 Å². The van der Waals surface area contributed by atoms with Crippen LogP contribution in [0.2, 0.25) is 0 Å². The second-order valence-corrected chi connectivity index (χ2v) is 7.79. The SMILES string of the molecule is CCCNCc1cc(S(=O)(=O)N(CC)CC2CC2)cn1C. The highest BCUT2D eigenvalue weighted by Gasteiger charge is 2.31. The summed E-state index contributed by atoms with van der Waals surface area (Å²) in [6.45, 7) is 6.87. The number of hydrogen-bond donors (Lipinski definition) is 1. The maximum atomic E-state index is 12.7. The molecule has 6 heteroatoms. The molecule has 1 saturated carbocycles. The molecule has 0 unspecified atom stereocenters. The Morgan fingerprint density at radius 2 is 2.10 bits per heavy atom. The van der Waals surface area contributed by atoms with Crippen molar-refractivity contribution in [2.45, 2.75) is 44.6 Å². The van der Waals surface area contributed by atoms with Gasteiger partial charge in [0.2, 0.25) is 10.0 Å². The number of nitrogens with zero attached hydrogens (tertiary/aromatic N) is 2. The third kappa shape index (κ3) is 4.08. The Hall–Kier alpha value is -0.850. The minimum Gasteiger partial charge on any atom is -0.352 e. The van der Waals surface area contributed by atoms with Gasteiger partial charge in [0.15, 0.2) is 0 Å². The molecule has 0 radical (unpaired) electrons. The van der Waals surface area contributed by atoms with Crippen LogP contribution in [0.15, 0.2) is 17.2 Å². The van der Waals surface area contributed by atoms with Gasteiger partial charge in [0.1, 0.15) is 4.90 Å². The first-order chi connectivity index (χ1) is 9.98. The summed E-state index contributed by atoms with van der Waals surface area (Å²) < 4.78 is 28.9. The Morgan fingerprint density at radius 3 is 2.67 bits per heavy atom. The van der Waals surface area contributed by atoms with Crippen LogP contribution in [0.1, 0.15) is 38.8 Å². The summed E-state index contributed by atoms with van der Waals surface area (Å²) >= 11 is 0. The Kier molecular flexibility index (Phi) is 5.46. The minimum absolute atomic E-state index is 0.417. The molecule has 1 aliphatic rings. The number of sulfonamides is 1. The molecule has 1 N–H and O–H groups in total. The largest absolute Gasteiger partial charge is 0.352 e. The van der Waals surface area contributed by atoms with Gasteiger partial charge in [-0.3, -0.25) is 0 Å². The average molecular weight is 313 g/mol. The van der Waals surface area contributed by atoms with Crippen molar-refractivity contribution in [1.29, 1.82) is 0 Å². The standard InChI is InChI=1S/C15H27N3O2S/c1-4-8-16-10-14-9-15(12-17(14)3)21(19,20)18(5-2)11-13-6-7-13/h9,12-13,16H,4-8,10-11H2,1-3H3. The van der Waals surface area contributed by atoms with Gasteiger partial charge < -0.3 is 9.88 Å². The van der Waals surface area contributed by atoms with E-state index in [9.17, 15) is 8.42 Å². The smallest absolute Gasteiger partial charge is 0.244 e. The van der Waals surface area contributed by atoms with Gasteiger partial charge in [0, 0.05) is 38.6 Å². The number of rotatable bonds is 9. The minimum atomic E-state index is -3.35. The van der Waals surface area contributed by atoms with E-state index in [0.717, 1.165) is 31.5 Å². The van der Waals surface area contributed by atoms with E-state index in [1.165, 1.54) is 0 Å². The van der Waals surface area contributed by atoms with E-state index in [2.05, 4.69) is 12.2 Å². The van der Waals surface area contributed by atoms with Crippen LogP contribution < -0.4 is 5.32 Å². The lowest BCUT2D eigenvalue weighted by Gasteiger charge is -2.19. The molecule has 5 nitrogen and oxygen atoms in total. The van der Waals surface area contributed by atoms with Gasteiger partial charge in [0.05, 0.1) is 0 Å². The fourth-order valence-corrected chi connectivity index (χ4v) is 4.04. The number of aromatic nitrogens is 1. The first-order valence-electron chi connectivity index (χ1n) is 7.85. The second kappa shape index (κ2) is 6.94. The van der Waals surface area contributed by atoms with Crippen LogP contribution >= 0.6 is 0 Å². The zero-order valence-electron chi connectivity index (χ0n) is 13.3. The molecule has 21 heavy (non-hydrogen) atoms. The van der Waals surface area contributed by atoms with Crippen molar-refractivity contribution in [3.8, 4) is 0 Å². The van der Waals surface area contributed by atoms with Crippen LogP contribution in [0.4, 0.5) is 0 Å². The maximum absolute atomic E-state index is 12.7.